The van der Waals surface area contributed by atoms with Gasteiger partial charge in [-0.25, -0.2) is 0 Å². The summed E-state index contributed by atoms with van der Waals surface area (Å²) in [6.07, 6.45) is 0. The number of fused-ring (bicyclic) bond motifs is 9. The van der Waals surface area contributed by atoms with Crippen molar-refractivity contribution in [3.8, 4) is 27.9 Å². The summed E-state index contributed by atoms with van der Waals surface area (Å²) in [6, 6.07) is 73.1. The molecular formula is C54H34N2O2. The van der Waals surface area contributed by atoms with E-state index in [1.807, 2.05) is 24.3 Å². The summed E-state index contributed by atoms with van der Waals surface area (Å²) in [5.41, 5.74) is 13.4. The zero-order chi connectivity index (χ0) is 38.2. The minimum absolute atomic E-state index is 0.856. The number of aromatic nitrogens is 1. The van der Waals surface area contributed by atoms with Crippen LogP contribution in [0.4, 0.5) is 17.1 Å². The summed E-state index contributed by atoms with van der Waals surface area (Å²) >= 11 is 0. The minimum atomic E-state index is 0.856. The van der Waals surface area contributed by atoms with Crippen LogP contribution in [0, 0.1) is 0 Å². The Balaban J connectivity index is 0.995. The Labute approximate surface area is 334 Å². The van der Waals surface area contributed by atoms with Gasteiger partial charge >= 0.3 is 0 Å². The second kappa shape index (κ2) is 12.9. The number of hydrogen-bond donors (Lipinski definition) is 0. The van der Waals surface area contributed by atoms with Gasteiger partial charge in [-0.15, -0.1) is 0 Å². The number of para-hydroxylation sites is 4. The van der Waals surface area contributed by atoms with Crippen LogP contribution < -0.4 is 4.90 Å². The first kappa shape index (κ1) is 32.4. The molecule has 4 heteroatoms. The molecular weight excluding hydrogens is 709 g/mol. The quantitative estimate of drug-likeness (QED) is 0.170. The summed E-state index contributed by atoms with van der Waals surface area (Å²) in [6.45, 7) is 0. The van der Waals surface area contributed by atoms with Crippen LogP contribution >= 0.6 is 0 Å². The van der Waals surface area contributed by atoms with Gasteiger partial charge in [0.1, 0.15) is 11.2 Å². The van der Waals surface area contributed by atoms with Crippen LogP contribution in [0.2, 0.25) is 0 Å². The maximum absolute atomic E-state index is 6.62. The molecule has 58 heavy (non-hydrogen) atoms. The predicted octanol–water partition coefficient (Wildman–Crippen LogP) is 15.4. The highest BCUT2D eigenvalue weighted by molar-refractivity contribution is 6.20. The van der Waals surface area contributed by atoms with Gasteiger partial charge < -0.3 is 13.7 Å². The second-order valence-electron chi connectivity index (χ2n) is 14.9. The molecule has 0 aliphatic heterocycles. The van der Waals surface area contributed by atoms with Gasteiger partial charge in [0.2, 0.25) is 5.71 Å². The van der Waals surface area contributed by atoms with Gasteiger partial charge in [-0.3, -0.25) is 4.57 Å². The van der Waals surface area contributed by atoms with Gasteiger partial charge in [-0.1, -0.05) is 146 Å². The van der Waals surface area contributed by atoms with Crippen molar-refractivity contribution in [1.29, 1.82) is 0 Å². The van der Waals surface area contributed by atoms with Gasteiger partial charge in [0, 0.05) is 38.6 Å². The molecule has 0 radical (unpaired) electrons. The van der Waals surface area contributed by atoms with Crippen molar-refractivity contribution in [2.75, 3.05) is 4.90 Å². The SMILES string of the molecule is c1ccc(-n2c3cc(-c4ccc(N(c5ccc(-c6cccc7ccccc67)cc5)c5cccc6c5oc5ccccc56)cc4)ccc3c3c4ccccc4oc32)cc1. The third kappa shape index (κ3) is 5.02. The molecule has 0 atom stereocenters. The Morgan fingerprint density at radius 1 is 0.397 bits per heavy atom. The maximum atomic E-state index is 6.62. The lowest BCUT2D eigenvalue weighted by molar-refractivity contribution is 0.645. The molecule has 0 N–H and O–H groups in total. The molecule has 0 bridgehead atoms. The number of benzene rings is 9. The number of rotatable bonds is 6. The zero-order valence-corrected chi connectivity index (χ0v) is 31.3. The van der Waals surface area contributed by atoms with E-state index in [0.29, 0.717) is 0 Å². The summed E-state index contributed by atoms with van der Waals surface area (Å²) in [5.74, 6) is 0. The highest BCUT2D eigenvalue weighted by atomic mass is 16.3. The van der Waals surface area contributed by atoms with E-state index < -0.39 is 0 Å². The van der Waals surface area contributed by atoms with Crippen molar-refractivity contribution in [1.82, 2.24) is 4.57 Å². The molecule has 12 aromatic rings. The zero-order valence-electron chi connectivity index (χ0n) is 31.3. The largest absolute Gasteiger partial charge is 0.454 e. The number of anilines is 3. The van der Waals surface area contributed by atoms with E-state index in [4.69, 9.17) is 8.83 Å². The molecule has 4 nitrogen and oxygen atoms in total. The van der Waals surface area contributed by atoms with E-state index in [9.17, 15) is 0 Å². The Hall–Kier alpha value is -7.82. The van der Waals surface area contributed by atoms with E-state index in [1.165, 1.54) is 27.3 Å². The molecule has 12 rings (SSSR count). The first-order valence-corrected chi connectivity index (χ1v) is 19.7. The Morgan fingerprint density at radius 2 is 1.00 bits per heavy atom. The van der Waals surface area contributed by atoms with Crippen LogP contribution in [0.25, 0.3) is 93.6 Å². The van der Waals surface area contributed by atoms with Crippen LogP contribution in [0.5, 0.6) is 0 Å². The van der Waals surface area contributed by atoms with Gasteiger partial charge in [0.15, 0.2) is 5.58 Å². The van der Waals surface area contributed by atoms with E-state index in [-0.39, 0.29) is 0 Å². The Bertz CT molecular complexity index is 3490. The molecule has 0 aliphatic rings. The smallest absolute Gasteiger partial charge is 0.213 e. The van der Waals surface area contributed by atoms with Crippen LogP contribution in [0.3, 0.4) is 0 Å². The van der Waals surface area contributed by atoms with Crippen LogP contribution in [0.15, 0.2) is 215 Å². The summed E-state index contributed by atoms with van der Waals surface area (Å²) in [7, 11) is 0. The molecule has 0 saturated carbocycles. The lowest BCUT2D eigenvalue weighted by atomic mass is 9.98. The van der Waals surface area contributed by atoms with E-state index >= 15 is 0 Å². The fourth-order valence-electron chi connectivity index (χ4n) is 8.91. The standard InChI is InChI=1S/C54H34N2O2/c1-2-14-39(15-3-1)56-49-34-38(28-33-46(49)52-47-18-7-9-23-51(47)58-54(52)56)35-24-29-40(30-25-35)55(48-21-11-20-45-44-17-6-8-22-50(44)57-53(45)48)41-31-26-37(27-32-41)43-19-10-13-36-12-4-5-16-42(36)43/h1-34H. The van der Waals surface area contributed by atoms with E-state index in [1.54, 1.807) is 0 Å². The first-order chi connectivity index (χ1) is 28.8. The van der Waals surface area contributed by atoms with Gasteiger partial charge in [-0.2, -0.15) is 0 Å². The Kier molecular flexibility index (Phi) is 7.20. The van der Waals surface area contributed by atoms with Gasteiger partial charge in [0.25, 0.3) is 0 Å². The maximum Gasteiger partial charge on any atom is 0.213 e. The molecule has 9 aromatic carbocycles. The van der Waals surface area contributed by atoms with E-state index in [2.05, 4.69) is 191 Å². The minimum Gasteiger partial charge on any atom is -0.454 e. The van der Waals surface area contributed by atoms with Gasteiger partial charge in [-0.05, 0) is 93.7 Å². The average Bonchev–Trinajstić information content (AvgIpc) is 3.96. The van der Waals surface area contributed by atoms with E-state index in [0.717, 1.165) is 83.4 Å². The van der Waals surface area contributed by atoms with Crippen LogP contribution in [0.1, 0.15) is 0 Å². The Morgan fingerprint density at radius 3 is 1.79 bits per heavy atom. The topological polar surface area (TPSA) is 34.5 Å². The highest BCUT2D eigenvalue weighted by Crippen LogP contribution is 2.44. The third-order valence-electron chi connectivity index (χ3n) is 11.6. The first-order valence-electron chi connectivity index (χ1n) is 19.7. The fourth-order valence-corrected chi connectivity index (χ4v) is 8.91. The lowest BCUT2D eigenvalue weighted by Crippen LogP contribution is -2.10. The normalized spacial score (nSPS) is 11.8. The number of furan rings is 2. The van der Waals surface area contributed by atoms with Crippen LogP contribution in [-0.4, -0.2) is 4.57 Å². The molecule has 0 aliphatic carbocycles. The van der Waals surface area contributed by atoms with Crippen molar-refractivity contribution >= 4 is 82.7 Å². The molecule has 3 heterocycles. The molecule has 0 amide bonds. The molecule has 0 saturated heterocycles. The molecule has 3 aromatic heterocycles. The summed E-state index contributed by atoms with van der Waals surface area (Å²) < 4.78 is 15.4. The monoisotopic (exact) mass is 742 g/mol. The predicted molar refractivity (Wildman–Crippen MR) is 241 cm³/mol. The van der Waals surface area contributed by atoms with Crippen molar-refractivity contribution in [2.45, 2.75) is 0 Å². The van der Waals surface area contributed by atoms with Crippen molar-refractivity contribution in [2.24, 2.45) is 0 Å². The fraction of sp³-hybridized carbons (Fsp3) is 0. The molecule has 272 valence electrons. The molecule has 0 fully saturated rings. The van der Waals surface area contributed by atoms with Crippen LogP contribution in [-0.2, 0) is 0 Å². The number of nitrogens with zero attached hydrogens (tertiary/aromatic N) is 2. The average molecular weight is 743 g/mol. The summed E-state index contributed by atoms with van der Waals surface area (Å²) in [5, 5.41) is 8.11. The van der Waals surface area contributed by atoms with Crippen molar-refractivity contribution in [3.63, 3.8) is 0 Å². The van der Waals surface area contributed by atoms with Crippen molar-refractivity contribution < 1.29 is 8.83 Å². The lowest BCUT2D eigenvalue weighted by Gasteiger charge is -2.26. The molecule has 0 unspecified atom stereocenters. The number of hydrogen-bond acceptors (Lipinski definition) is 3. The molecule has 0 spiro atoms. The third-order valence-corrected chi connectivity index (χ3v) is 11.6. The second-order valence-corrected chi connectivity index (χ2v) is 14.9. The van der Waals surface area contributed by atoms with Gasteiger partial charge in [0.05, 0.1) is 16.6 Å². The summed E-state index contributed by atoms with van der Waals surface area (Å²) in [4.78, 5) is 2.31. The van der Waals surface area contributed by atoms with Crippen molar-refractivity contribution in [3.05, 3.63) is 206 Å². The highest BCUT2D eigenvalue weighted by Gasteiger charge is 2.22.